The normalized spacial score (nSPS) is 18.9. The van der Waals surface area contributed by atoms with Gasteiger partial charge in [-0.3, -0.25) is 0 Å². The number of imidazole rings is 1. The second-order valence-corrected chi connectivity index (χ2v) is 4.51. The van der Waals surface area contributed by atoms with Crippen LogP contribution in [-0.4, -0.2) is 50.4 Å². The summed E-state index contributed by atoms with van der Waals surface area (Å²) >= 11 is 0. The Morgan fingerprint density at radius 3 is 3.00 bits per heavy atom. The number of anilines is 1. The zero-order chi connectivity index (χ0) is 12.4. The molecule has 7 nitrogen and oxygen atoms in total. The predicted octanol–water partition coefficient (Wildman–Crippen LogP) is 0.306. The number of nitrogens with zero attached hydrogens (tertiary/aromatic N) is 3. The maximum absolute atomic E-state index is 10.3. The molecule has 1 aliphatic rings. The van der Waals surface area contributed by atoms with E-state index in [1.807, 2.05) is 0 Å². The molecule has 1 fully saturated rings. The van der Waals surface area contributed by atoms with Gasteiger partial charge in [0.05, 0.1) is 11.9 Å². The van der Waals surface area contributed by atoms with Crippen LogP contribution in [0.15, 0.2) is 12.7 Å². The average Bonchev–Trinajstić information content (AvgIpc) is 2.86. The van der Waals surface area contributed by atoms with Crippen molar-refractivity contribution in [2.75, 3.05) is 25.1 Å². The summed E-state index contributed by atoms with van der Waals surface area (Å²) in [6.45, 7) is 1.64. The number of nitrogens with one attached hydrogen (secondary N) is 2. The first-order chi connectivity index (χ1) is 8.77. The summed E-state index contributed by atoms with van der Waals surface area (Å²) in [5.41, 5.74) is 0.648. The molecule has 3 rings (SSSR count). The molecule has 3 heterocycles. The average molecular weight is 249 g/mol. The number of rotatable bonds is 3. The number of hydrogen-bond donors (Lipinski definition) is 3. The topological polar surface area (TPSA) is 96.0 Å². The lowest BCUT2D eigenvalue weighted by Gasteiger charge is -2.32. The Hall–Kier alpha value is -1.73. The van der Waals surface area contributed by atoms with Crippen LogP contribution in [0.25, 0.3) is 11.2 Å². The number of H-pyrrole nitrogens is 1. The highest BCUT2D eigenvalue weighted by molar-refractivity contribution is 5.81. The van der Waals surface area contributed by atoms with Gasteiger partial charge in [0.15, 0.2) is 11.5 Å². The van der Waals surface area contributed by atoms with Crippen LogP contribution in [0.3, 0.4) is 0 Å². The minimum atomic E-state index is -0.727. The molecule has 7 heteroatoms. The van der Waals surface area contributed by atoms with Crippen LogP contribution in [0.4, 0.5) is 5.82 Å². The second kappa shape index (κ2) is 4.51. The highest BCUT2D eigenvalue weighted by Gasteiger charge is 2.29. The minimum Gasteiger partial charge on any atom is -0.388 e. The lowest BCUT2D eigenvalue weighted by Crippen LogP contribution is -2.42. The fraction of sp³-hybridized carbons (Fsp3) is 0.545. The number of aromatic nitrogens is 4. The van der Waals surface area contributed by atoms with Gasteiger partial charge >= 0.3 is 0 Å². The Kier molecular flexibility index (Phi) is 2.85. The van der Waals surface area contributed by atoms with E-state index in [4.69, 9.17) is 4.74 Å². The Labute approximate surface area is 104 Å². The molecule has 0 atom stereocenters. The summed E-state index contributed by atoms with van der Waals surface area (Å²) < 4.78 is 5.25. The van der Waals surface area contributed by atoms with Crippen molar-refractivity contribution < 1.29 is 9.84 Å². The summed E-state index contributed by atoms with van der Waals surface area (Å²) in [4.78, 5) is 15.2. The maximum Gasteiger partial charge on any atom is 0.182 e. The van der Waals surface area contributed by atoms with Crippen molar-refractivity contribution in [2.24, 2.45) is 0 Å². The predicted molar refractivity (Wildman–Crippen MR) is 65.2 cm³/mol. The van der Waals surface area contributed by atoms with Gasteiger partial charge in [-0.2, -0.15) is 0 Å². The van der Waals surface area contributed by atoms with Gasteiger partial charge in [0.25, 0.3) is 0 Å². The first-order valence-electron chi connectivity index (χ1n) is 5.95. The highest BCUT2D eigenvalue weighted by atomic mass is 16.5. The molecule has 0 aromatic carbocycles. The van der Waals surface area contributed by atoms with Gasteiger partial charge in [0.1, 0.15) is 11.8 Å². The quantitative estimate of drug-likeness (QED) is 0.724. The number of aromatic amines is 1. The van der Waals surface area contributed by atoms with Crippen LogP contribution >= 0.6 is 0 Å². The molecule has 96 valence electrons. The van der Waals surface area contributed by atoms with Crippen molar-refractivity contribution in [1.29, 1.82) is 0 Å². The van der Waals surface area contributed by atoms with E-state index < -0.39 is 5.60 Å². The van der Waals surface area contributed by atoms with E-state index >= 15 is 0 Å². The van der Waals surface area contributed by atoms with E-state index in [0.29, 0.717) is 44.1 Å². The molecule has 1 aliphatic heterocycles. The van der Waals surface area contributed by atoms with Gasteiger partial charge in [0, 0.05) is 32.6 Å². The van der Waals surface area contributed by atoms with Crippen molar-refractivity contribution in [3.63, 3.8) is 0 Å². The molecular formula is C11H15N5O2. The van der Waals surface area contributed by atoms with Gasteiger partial charge in [-0.05, 0) is 0 Å². The fourth-order valence-electron chi connectivity index (χ4n) is 2.08. The Balaban J connectivity index is 1.74. The van der Waals surface area contributed by atoms with Gasteiger partial charge < -0.3 is 20.1 Å². The Bertz CT molecular complexity index is 535. The van der Waals surface area contributed by atoms with Crippen molar-refractivity contribution in [3.05, 3.63) is 12.7 Å². The van der Waals surface area contributed by atoms with Crippen molar-refractivity contribution >= 4 is 17.0 Å². The summed E-state index contributed by atoms with van der Waals surface area (Å²) in [6.07, 6.45) is 4.31. The Morgan fingerprint density at radius 1 is 1.33 bits per heavy atom. The summed E-state index contributed by atoms with van der Waals surface area (Å²) in [5, 5.41) is 13.5. The molecular weight excluding hydrogens is 234 g/mol. The molecule has 0 unspecified atom stereocenters. The van der Waals surface area contributed by atoms with Crippen LogP contribution in [0.2, 0.25) is 0 Å². The van der Waals surface area contributed by atoms with Crippen LogP contribution < -0.4 is 5.32 Å². The number of aliphatic hydroxyl groups is 1. The van der Waals surface area contributed by atoms with Crippen molar-refractivity contribution in [3.8, 4) is 0 Å². The van der Waals surface area contributed by atoms with Crippen LogP contribution in [-0.2, 0) is 4.74 Å². The van der Waals surface area contributed by atoms with E-state index in [1.165, 1.54) is 6.33 Å². The Morgan fingerprint density at radius 2 is 2.17 bits per heavy atom. The second-order valence-electron chi connectivity index (χ2n) is 4.51. The van der Waals surface area contributed by atoms with E-state index in [0.717, 1.165) is 5.52 Å². The third kappa shape index (κ3) is 2.14. The van der Waals surface area contributed by atoms with E-state index in [-0.39, 0.29) is 0 Å². The number of hydrogen-bond acceptors (Lipinski definition) is 6. The summed E-state index contributed by atoms with van der Waals surface area (Å²) in [5.74, 6) is 0.664. The summed E-state index contributed by atoms with van der Waals surface area (Å²) in [6, 6.07) is 0. The van der Waals surface area contributed by atoms with Gasteiger partial charge in [-0.25, -0.2) is 15.0 Å². The molecule has 1 saturated heterocycles. The van der Waals surface area contributed by atoms with E-state index in [1.54, 1.807) is 6.33 Å². The highest BCUT2D eigenvalue weighted by Crippen LogP contribution is 2.22. The van der Waals surface area contributed by atoms with Crippen LogP contribution in [0.1, 0.15) is 12.8 Å². The molecule has 3 N–H and O–H groups in total. The maximum atomic E-state index is 10.3. The number of fused-ring (bicyclic) bond motifs is 1. The molecule has 18 heavy (non-hydrogen) atoms. The molecule has 0 amide bonds. The van der Waals surface area contributed by atoms with Crippen LogP contribution in [0, 0.1) is 0 Å². The van der Waals surface area contributed by atoms with Crippen LogP contribution in [0.5, 0.6) is 0 Å². The molecule has 0 radical (unpaired) electrons. The molecule has 0 saturated carbocycles. The fourth-order valence-corrected chi connectivity index (χ4v) is 2.08. The largest absolute Gasteiger partial charge is 0.388 e. The third-order valence-electron chi connectivity index (χ3n) is 3.23. The third-order valence-corrected chi connectivity index (χ3v) is 3.23. The molecule has 0 spiro atoms. The first-order valence-corrected chi connectivity index (χ1v) is 5.95. The zero-order valence-corrected chi connectivity index (χ0v) is 9.89. The number of ether oxygens (including phenoxy) is 1. The van der Waals surface area contributed by atoms with E-state index in [2.05, 4.69) is 25.3 Å². The van der Waals surface area contributed by atoms with Crippen molar-refractivity contribution in [2.45, 2.75) is 18.4 Å². The van der Waals surface area contributed by atoms with Gasteiger partial charge in [-0.15, -0.1) is 0 Å². The molecule has 2 aromatic heterocycles. The molecule has 0 aliphatic carbocycles. The lowest BCUT2D eigenvalue weighted by atomic mass is 9.94. The lowest BCUT2D eigenvalue weighted by molar-refractivity contribution is -0.0543. The smallest absolute Gasteiger partial charge is 0.182 e. The van der Waals surface area contributed by atoms with Crippen molar-refractivity contribution in [1.82, 2.24) is 19.9 Å². The van der Waals surface area contributed by atoms with Gasteiger partial charge in [0.2, 0.25) is 0 Å². The first kappa shape index (κ1) is 11.4. The SMILES string of the molecule is OC1(CNc2ncnc3nc[nH]c23)CCOCC1. The van der Waals surface area contributed by atoms with E-state index in [9.17, 15) is 5.11 Å². The molecule has 2 aromatic rings. The standard InChI is InChI=1S/C11H15N5O2/c17-11(1-3-18-4-2-11)5-12-9-8-10(14-6-13-8)16-7-15-9/h6-7,17H,1-5H2,(H2,12,13,14,15,16). The minimum absolute atomic E-state index is 0.446. The molecule has 0 bridgehead atoms. The van der Waals surface area contributed by atoms with Gasteiger partial charge in [-0.1, -0.05) is 0 Å². The zero-order valence-electron chi connectivity index (χ0n) is 9.89. The monoisotopic (exact) mass is 249 g/mol. The summed E-state index contributed by atoms with van der Waals surface area (Å²) in [7, 11) is 0.